The number of nitrogens with one attached hydrogen (secondary N) is 2. The highest BCUT2D eigenvalue weighted by Crippen LogP contribution is 2.09. The van der Waals surface area contributed by atoms with Gasteiger partial charge in [-0.2, -0.15) is 0 Å². The highest BCUT2D eigenvalue weighted by molar-refractivity contribution is 6.76. The van der Waals surface area contributed by atoms with Crippen molar-refractivity contribution in [2.45, 2.75) is 123 Å². The molecule has 0 rings (SSSR count). The average molecular weight is 487 g/mol. The van der Waals surface area contributed by atoms with Crippen molar-refractivity contribution in [3.8, 4) is 0 Å². The van der Waals surface area contributed by atoms with Crippen molar-refractivity contribution < 1.29 is 19.1 Å². The van der Waals surface area contributed by atoms with Crippen LogP contribution in [0.1, 0.15) is 96.8 Å². The Kier molecular flexibility index (Phi) is 22.0. The van der Waals surface area contributed by atoms with E-state index in [0.29, 0.717) is 26.2 Å². The van der Waals surface area contributed by atoms with Gasteiger partial charge < -0.3 is 20.1 Å². The summed E-state index contributed by atoms with van der Waals surface area (Å²) in [6.07, 6.45) is 15.4. The van der Waals surface area contributed by atoms with Gasteiger partial charge in [0.05, 0.1) is 13.2 Å². The number of rotatable bonds is 23. The van der Waals surface area contributed by atoms with Gasteiger partial charge in [-0.05, 0) is 44.8 Å². The van der Waals surface area contributed by atoms with Crippen molar-refractivity contribution >= 4 is 20.1 Å². The zero-order chi connectivity index (χ0) is 24.6. The van der Waals surface area contributed by atoms with Crippen molar-refractivity contribution in [3.63, 3.8) is 0 Å². The second kappa shape index (κ2) is 22.7. The molecule has 0 radical (unpaired) electrons. The standard InChI is InChI=1S/C26H54N2O4Si/c1-5-6-7-8-9-13-16-22-31-25(29)18-14-11-10-12-15-19-27-20-17-21-28-26(30)32-23-24-33(2,3)4/h27H,5-24H2,1-4H3,(H,28,30). The molecule has 0 aliphatic carbocycles. The van der Waals surface area contributed by atoms with E-state index in [1.807, 2.05) is 0 Å². The topological polar surface area (TPSA) is 76.7 Å². The predicted molar refractivity (Wildman–Crippen MR) is 142 cm³/mol. The first kappa shape index (κ1) is 31.9. The predicted octanol–water partition coefficient (Wildman–Crippen LogP) is 6.66. The van der Waals surface area contributed by atoms with Crippen LogP contribution in [0.15, 0.2) is 0 Å². The average Bonchev–Trinajstić information content (AvgIpc) is 2.75. The lowest BCUT2D eigenvalue weighted by Gasteiger charge is -2.15. The maximum Gasteiger partial charge on any atom is 0.407 e. The molecule has 6 nitrogen and oxygen atoms in total. The molecule has 0 fully saturated rings. The number of alkyl carbamates (subject to hydrolysis) is 1. The van der Waals surface area contributed by atoms with Gasteiger partial charge in [0.25, 0.3) is 0 Å². The van der Waals surface area contributed by atoms with E-state index in [4.69, 9.17) is 9.47 Å². The Labute approximate surface area is 205 Å². The van der Waals surface area contributed by atoms with Gasteiger partial charge in [0.1, 0.15) is 0 Å². The third kappa shape index (κ3) is 27.0. The van der Waals surface area contributed by atoms with Gasteiger partial charge in [-0.25, -0.2) is 4.79 Å². The summed E-state index contributed by atoms with van der Waals surface area (Å²) in [6.45, 7) is 12.7. The molecule has 0 aliphatic rings. The smallest absolute Gasteiger partial charge is 0.407 e. The number of amides is 1. The Morgan fingerprint density at radius 2 is 1.27 bits per heavy atom. The minimum absolute atomic E-state index is 0.0313. The number of carbonyl (C=O) groups excluding carboxylic acids is 2. The third-order valence-corrected chi connectivity index (χ3v) is 7.33. The summed E-state index contributed by atoms with van der Waals surface area (Å²) in [4.78, 5) is 23.3. The van der Waals surface area contributed by atoms with E-state index in [-0.39, 0.29) is 12.1 Å². The SMILES string of the molecule is CCCCCCCCCOC(=O)CCCCCCCNCCCNC(=O)OCC[Si](C)(C)C. The Morgan fingerprint density at radius 3 is 1.97 bits per heavy atom. The van der Waals surface area contributed by atoms with Gasteiger partial charge in [-0.1, -0.05) is 84.4 Å². The summed E-state index contributed by atoms with van der Waals surface area (Å²) in [5, 5.41) is 6.23. The first-order valence-electron chi connectivity index (χ1n) is 13.6. The van der Waals surface area contributed by atoms with Gasteiger partial charge >= 0.3 is 12.1 Å². The van der Waals surface area contributed by atoms with Crippen LogP contribution >= 0.6 is 0 Å². The van der Waals surface area contributed by atoms with Gasteiger partial charge in [-0.15, -0.1) is 0 Å². The summed E-state index contributed by atoms with van der Waals surface area (Å²) in [6, 6.07) is 1.01. The van der Waals surface area contributed by atoms with Gasteiger partial charge in [0.2, 0.25) is 0 Å². The minimum atomic E-state index is -1.14. The lowest BCUT2D eigenvalue weighted by Crippen LogP contribution is -2.30. The molecule has 0 spiro atoms. The lowest BCUT2D eigenvalue weighted by molar-refractivity contribution is -0.143. The Bertz CT molecular complexity index is 470. The molecule has 0 aromatic heterocycles. The minimum Gasteiger partial charge on any atom is -0.466 e. The summed E-state index contributed by atoms with van der Waals surface area (Å²) < 4.78 is 10.5. The van der Waals surface area contributed by atoms with E-state index in [2.05, 4.69) is 37.2 Å². The fraction of sp³-hybridized carbons (Fsp3) is 0.923. The van der Waals surface area contributed by atoms with Gasteiger partial charge in [0, 0.05) is 21.0 Å². The molecular weight excluding hydrogens is 432 g/mol. The van der Waals surface area contributed by atoms with E-state index in [1.165, 1.54) is 44.9 Å². The van der Waals surface area contributed by atoms with Gasteiger partial charge in [-0.3, -0.25) is 4.79 Å². The Hall–Kier alpha value is -1.08. The summed E-state index contributed by atoms with van der Waals surface area (Å²) in [5.74, 6) is -0.0313. The van der Waals surface area contributed by atoms with Crippen LogP contribution in [0.4, 0.5) is 4.79 Å². The molecule has 0 saturated heterocycles. The molecule has 2 N–H and O–H groups in total. The molecule has 7 heteroatoms. The van der Waals surface area contributed by atoms with E-state index in [9.17, 15) is 9.59 Å². The van der Waals surface area contributed by atoms with Crippen LogP contribution < -0.4 is 10.6 Å². The summed E-state index contributed by atoms with van der Waals surface area (Å²) in [5.41, 5.74) is 0. The van der Waals surface area contributed by atoms with Crippen LogP contribution in [0.3, 0.4) is 0 Å². The molecule has 0 unspecified atom stereocenters. The van der Waals surface area contributed by atoms with Crippen LogP contribution in [-0.2, 0) is 14.3 Å². The highest BCUT2D eigenvalue weighted by Gasteiger charge is 2.13. The Morgan fingerprint density at radius 1 is 0.667 bits per heavy atom. The van der Waals surface area contributed by atoms with Crippen molar-refractivity contribution in [1.82, 2.24) is 10.6 Å². The normalized spacial score (nSPS) is 11.4. The molecule has 0 saturated carbocycles. The van der Waals surface area contributed by atoms with Crippen LogP contribution in [0.25, 0.3) is 0 Å². The third-order valence-electron chi connectivity index (χ3n) is 5.63. The molecular formula is C26H54N2O4Si. The molecule has 0 atom stereocenters. The molecule has 0 bridgehead atoms. The number of hydrogen-bond acceptors (Lipinski definition) is 5. The fourth-order valence-corrected chi connectivity index (χ4v) is 4.11. The second-order valence-electron chi connectivity index (χ2n) is 10.3. The molecule has 196 valence electrons. The van der Waals surface area contributed by atoms with Crippen molar-refractivity contribution in [2.75, 3.05) is 32.8 Å². The quantitative estimate of drug-likeness (QED) is 0.0958. The van der Waals surface area contributed by atoms with Crippen molar-refractivity contribution in [2.24, 2.45) is 0 Å². The molecule has 0 aromatic carbocycles. The fourth-order valence-electron chi connectivity index (χ4n) is 3.40. The molecule has 0 aromatic rings. The summed E-state index contributed by atoms with van der Waals surface area (Å²) >= 11 is 0. The first-order valence-corrected chi connectivity index (χ1v) is 17.3. The monoisotopic (exact) mass is 486 g/mol. The molecule has 0 aliphatic heterocycles. The maximum absolute atomic E-state index is 11.7. The van der Waals surface area contributed by atoms with Crippen molar-refractivity contribution in [3.05, 3.63) is 0 Å². The maximum atomic E-state index is 11.7. The van der Waals surface area contributed by atoms with E-state index in [0.717, 1.165) is 57.7 Å². The molecule has 0 heterocycles. The second-order valence-corrected chi connectivity index (χ2v) is 16.0. The first-order chi connectivity index (χ1) is 15.8. The van der Waals surface area contributed by atoms with E-state index in [1.54, 1.807) is 0 Å². The molecule has 1 amide bonds. The van der Waals surface area contributed by atoms with Gasteiger partial charge in [0.15, 0.2) is 0 Å². The zero-order valence-corrected chi connectivity index (χ0v) is 23.3. The van der Waals surface area contributed by atoms with Crippen LogP contribution in [0, 0.1) is 0 Å². The number of unbranched alkanes of at least 4 members (excludes halogenated alkanes) is 10. The van der Waals surface area contributed by atoms with Crippen molar-refractivity contribution in [1.29, 1.82) is 0 Å². The molecule has 33 heavy (non-hydrogen) atoms. The van der Waals surface area contributed by atoms with E-state index < -0.39 is 8.07 Å². The largest absolute Gasteiger partial charge is 0.466 e. The van der Waals surface area contributed by atoms with Crippen LogP contribution in [-0.4, -0.2) is 53.0 Å². The van der Waals surface area contributed by atoms with Crippen LogP contribution in [0.2, 0.25) is 25.7 Å². The highest BCUT2D eigenvalue weighted by atomic mass is 28.3. The summed E-state index contributed by atoms with van der Waals surface area (Å²) in [7, 11) is -1.14. The Balaban J connectivity index is 3.26. The number of carbonyl (C=O) groups is 2. The van der Waals surface area contributed by atoms with Crippen LogP contribution in [0.5, 0.6) is 0 Å². The number of esters is 1. The zero-order valence-electron chi connectivity index (χ0n) is 22.3. The number of ether oxygens (including phenoxy) is 2. The van der Waals surface area contributed by atoms with E-state index >= 15 is 0 Å². The number of hydrogen-bond donors (Lipinski definition) is 2. The lowest BCUT2D eigenvalue weighted by atomic mass is 10.1.